The van der Waals surface area contributed by atoms with E-state index in [1.165, 1.54) is 19.2 Å². The number of nitrogens with one attached hydrogen (secondary N) is 2. The summed E-state index contributed by atoms with van der Waals surface area (Å²) in [5, 5.41) is 0. The van der Waals surface area contributed by atoms with E-state index in [1.807, 2.05) is 12.1 Å². The summed E-state index contributed by atoms with van der Waals surface area (Å²) < 4.78 is 63.4. The molecule has 0 aliphatic carbocycles. The maximum atomic E-state index is 13.0. The van der Waals surface area contributed by atoms with Gasteiger partial charge in [-0.3, -0.25) is 9.44 Å². The van der Waals surface area contributed by atoms with Crippen LogP contribution in [0.25, 0.3) is 0 Å². The van der Waals surface area contributed by atoms with Gasteiger partial charge in [0.25, 0.3) is 20.0 Å². The average Bonchev–Trinajstić information content (AvgIpc) is 2.67. The standard InChI is InChI=1S/C19H16I2N2O5S2/c1-28-18-9-8-17(29(24,25)22-15-6-2-4-13(20)10-15)12-19(18)30(26,27)23-16-7-3-5-14(21)11-16/h2-12,22-23H,1H3. The molecule has 11 heteroatoms. The summed E-state index contributed by atoms with van der Waals surface area (Å²) in [5.41, 5.74) is 0.730. The second-order valence-electron chi connectivity index (χ2n) is 6.04. The number of benzene rings is 3. The van der Waals surface area contributed by atoms with Gasteiger partial charge in [-0.15, -0.1) is 0 Å². The largest absolute Gasteiger partial charge is 0.495 e. The number of halogens is 2. The lowest BCUT2D eigenvalue weighted by atomic mass is 10.3. The molecule has 7 nitrogen and oxygen atoms in total. The quantitative estimate of drug-likeness (QED) is 0.361. The Balaban J connectivity index is 2.00. The lowest BCUT2D eigenvalue weighted by Crippen LogP contribution is -2.17. The molecule has 0 amide bonds. The smallest absolute Gasteiger partial charge is 0.265 e. The molecule has 3 aromatic carbocycles. The van der Waals surface area contributed by atoms with Crippen molar-refractivity contribution in [3.05, 3.63) is 73.9 Å². The third kappa shape index (κ3) is 5.56. The van der Waals surface area contributed by atoms with Crippen molar-refractivity contribution >= 4 is 76.6 Å². The van der Waals surface area contributed by atoms with E-state index in [1.54, 1.807) is 36.4 Å². The number of hydrogen-bond donors (Lipinski definition) is 2. The first-order valence-electron chi connectivity index (χ1n) is 8.35. The molecular formula is C19H16I2N2O5S2. The van der Waals surface area contributed by atoms with E-state index in [9.17, 15) is 16.8 Å². The van der Waals surface area contributed by atoms with E-state index in [-0.39, 0.29) is 15.5 Å². The van der Waals surface area contributed by atoms with Crippen molar-refractivity contribution < 1.29 is 21.6 Å². The van der Waals surface area contributed by atoms with Crippen LogP contribution in [0.2, 0.25) is 0 Å². The zero-order valence-electron chi connectivity index (χ0n) is 15.5. The lowest BCUT2D eigenvalue weighted by Gasteiger charge is -2.14. The number of rotatable bonds is 7. The minimum Gasteiger partial charge on any atom is -0.495 e. The highest BCUT2D eigenvalue weighted by molar-refractivity contribution is 14.1. The van der Waals surface area contributed by atoms with Crippen LogP contribution in [0, 0.1) is 7.14 Å². The molecule has 0 heterocycles. The van der Waals surface area contributed by atoms with Gasteiger partial charge in [0.05, 0.1) is 12.0 Å². The molecule has 0 aliphatic rings. The van der Waals surface area contributed by atoms with Crippen molar-refractivity contribution in [1.29, 1.82) is 0 Å². The minimum absolute atomic E-state index is 0.0290. The van der Waals surface area contributed by atoms with Gasteiger partial charge in [-0.1, -0.05) is 12.1 Å². The molecule has 0 radical (unpaired) electrons. The van der Waals surface area contributed by atoms with Crippen LogP contribution in [0.5, 0.6) is 5.75 Å². The molecule has 3 rings (SSSR count). The Bertz CT molecular complexity index is 1300. The van der Waals surface area contributed by atoms with Crippen LogP contribution in [0.3, 0.4) is 0 Å². The maximum Gasteiger partial charge on any atom is 0.265 e. The van der Waals surface area contributed by atoms with Gasteiger partial charge < -0.3 is 4.74 Å². The van der Waals surface area contributed by atoms with Crippen molar-refractivity contribution in [2.45, 2.75) is 9.79 Å². The molecular weight excluding hydrogens is 654 g/mol. The summed E-state index contributed by atoms with van der Waals surface area (Å²) in [4.78, 5) is -0.487. The normalized spacial score (nSPS) is 11.7. The van der Waals surface area contributed by atoms with Gasteiger partial charge in [-0.25, -0.2) is 16.8 Å². The monoisotopic (exact) mass is 670 g/mol. The lowest BCUT2D eigenvalue weighted by molar-refractivity contribution is 0.402. The number of ether oxygens (including phenoxy) is 1. The topological polar surface area (TPSA) is 102 Å². The predicted molar refractivity (Wildman–Crippen MR) is 133 cm³/mol. The first-order chi connectivity index (χ1) is 14.1. The fourth-order valence-corrected chi connectivity index (χ4v) is 6.04. The highest BCUT2D eigenvalue weighted by Crippen LogP contribution is 2.30. The van der Waals surface area contributed by atoms with E-state index >= 15 is 0 Å². The first-order valence-corrected chi connectivity index (χ1v) is 13.5. The van der Waals surface area contributed by atoms with Gasteiger partial charge in [0.1, 0.15) is 10.6 Å². The van der Waals surface area contributed by atoms with Gasteiger partial charge in [-0.05, 0) is 99.8 Å². The maximum absolute atomic E-state index is 13.0. The van der Waals surface area contributed by atoms with Crippen molar-refractivity contribution in [3.8, 4) is 5.75 Å². The Hall–Kier alpha value is -1.58. The minimum atomic E-state index is -4.11. The SMILES string of the molecule is COc1ccc(S(=O)(=O)Nc2cccc(I)c2)cc1S(=O)(=O)Nc1cccc(I)c1. The second kappa shape index (κ2) is 9.28. The van der Waals surface area contributed by atoms with Gasteiger partial charge in [0.15, 0.2) is 0 Å². The van der Waals surface area contributed by atoms with Crippen LogP contribution < -0.4 is 14.2 Å². The zero-order chi connectivity index (χ0) is 21.9. The van der Waals surface area contributed by atoms with Crippen LogP contribution in [0.4, 0.5) is 11.4 Å². The Kier molecular flexibility index (Phi) is 7.14. The molecule has 0 aromatic heterocycles. The van der Waals surface area contributed by atoms with Crippen molar-refractivity contribution in [1.82, 2.24) is 0 Å². The molecule has 0 bridgehead atoms. The van der Waals surface area contributed by atoms with Gasteiger partial charge in [0.2, 0.25) is 0 Å². The molecule has 0 saturated carbocycles. The Morgan fingerprint density at radius 3 is 1.77 bits per heavy atom. The van der Waals surface area contributed by atoms with Gasteiger partial charge in [0, 0.05) is 18.5 Å². The van der Waals surface area contributed by atoms with Crippen LogP contribution in [0.1, 0.15) is 0 Å². The summed E-state index contributed by atoms with van der Waals surface area (Å²) in [5.74, 6) is 0.0290. The second-order valence-corrected chi connectivity index (χ2v) is 11.9. The number of anilines is 2. The van der Waals surface area contributed by atoms with E-state index < -0.39 is 20.0 Å². The molecule has 3 aromatic rings. The molecule has 0 fully saturated rings. The van der Waals surface area contributed by atoms with Crippen molar-refractivity contribution in [2.24, 2.45) is 0 Å². The average molecular weight is 670 g/mol. The molecule has 0 unspecified atom stereocenters. The summed E-state index contributed by atoms with van der Waals surface area (Å²) >= 11 is 4.14. The van der Waals surface area contributed by atoms with Crippen LogP contribution >= 0.6 is 45.2 Å². The van der Waals surface area contributed by atoms with Gasteiger partial charge in [-0.2, -0.15) is 0 Å². The Morgan fingerprint density at radius 1 is 0.733 bits per heavy atom. The van der Waals surface area contributed by atoms with E-state index in [0.717, 1.165) is 13.2 Å². The van der Waals surface area contributed by atoms with Crippen molar-refractivity contribution in [2.75, 3.05) is 16.6 Å². The summed E-state index contributed by atoms with van der Waals surface area (Å²) in [7, 11) is -6.81. The van der Waals surface area contributed by atoms with Crippen LogP contribution in [0.15, 0.2) is 76.5 Å². The molecule has 30 heavy (non-hydrogen) atoms. The van der Waals surface area contributed by atoms with Crippen molar-refractivity contribution in [3.63, 3.8) is 0 Å². The number of methoxy groups -OCH3 is 1. The Morgan fingerprint density at radius 2 is 1.27 bits per heavy atom. The third-order valence-corrected chi connectivity index (χ3v) is 8.01. The highest BCUT2D eigenvalue weighted by Gasteiger charge is 2.24. The third-order valence-electron chi connectivity index (χ3n) is 3.89. The van der Waals surface area contributed by atoms with Gasteiger partial charge >= 0.3 is 0 Å². The molecule has 0 spiro atoms. The number of sulfonamides is 2. The van der Waals surface area contributed by atoms with Crippen LogP contribution in [-0.2, 0) is 20.0 Å². The molecule has 0 atom stereocenters. The zero-order valence-corrected chi connectivity index (χ0v) is 21.4. The summed E-state index contributed by atoms with van der Waals surface area (Å²) in [6.45, 7) is 0. The summed E-state index contributed by atoms with van der Waals surface area (Å²) in [6.07, 6.45) is 0. The number of hydrogen-bond acceptors (Lipinski definition) is 5. The summed E-state index contributed by atoms with van der Waals surface area (Å²) in [6, 6.07) is 17.3. The molecule has 0 aliphatic heterocycles. The molecule has 158 valence electrons. The first kappa shape index (κ1) is 23.1. The van der Waals surface area contributed by atoms with E-state index in [0.29, 0.717) is 11.4 Å². The Labute approximate surface area is 202 Å². The van der Waals surface area contributed by atoms with E-state index in [4.69, 9.17) is 4.74 Å². The van der Waals surface area contributed by atoms with Crippen LogP contribution in [-0.4, -0.2) is 23.9 Å². The van der Waals surface area contributed by atoms with E-state index in [2.05, 4.69) is 54.6 Å². The molecule has 2 N–H and O–H groups in total. The predicted octanol–water partition coefficient (Wildman–Crippen LogP) is 4.51. The fourth-order valence-electron chi connectivity index (χ4n) is 2.56. The fraction of sp³-hybridized carbons (Fsp3) is 0.0526. The highest BCUT2D eigenvalue weighted by atomic mass is 127. The molecule has 0 saturated heterocycles.